The molecule has 0 aliphatic rings. The second-order valence-corrected chi connectivity index (χ2v) is 5.10. The first-order chi connectivity index (χ1) is 7.58. The van der Waals surface area contributed by atoms with Crippen LogP contribution < -0.4 is 0 Å². The molecule has 1 unspecified atom stereocenters. The van der Waals surface area contributed by atoms with Crippen molar-refractivity contribution in [2.45, 2.75) is 33.1 Å². The van der Waals surface area contributed by atoms with Gasteiger partial charge in [0, 0.05) is 11.4 Å². The molecule has 0 radical (unpaired) electrons. The predicted molar refractivity (Wildman–Crippen MR) is 69.7 cm³/mol. The van der Waals surface area contributed by atoms with Gasteiger partial charge < -0.3 is 4.52 Å². The average molecular weight is 261 g/mol. The minimum absolute atomic E-state index is 0.343. The Bertz CT molecular complexity index is 272. The van der Waals surface area contributed by atoms with Gasteiger partial charge in [-0.15, -0.1) is 0 Å². The maximum absolute atomic E-state index is 8.41. The lowest BCUT2D eigenvalue weighted by Gasteiger charge is -2.30. The van der Waals surface area contributed by atoms with E-state index in [4.69, 9.17) is 21.0 Å². The first kappa shape index (κ1) is 15.4. The smallest absolute Gasteiger partial charge is 0.240 e. The second-order valence-electron chi connectivity index (χ2n) is 3.12. The van der Waals surface area contributed by atoms with E-state index in [0.717, 1.165) is 24.2 Å². The van der Waals surface area contributed by atoms with Crippen LogP contribution in [0.3, 0.4) is 0 Å². The Kier molecular flexibility index (Phi) is 8.29. The molecule has 1 atom stereocenters. The standard InChI is InChI=1S/C11H18ClN2OP/c1-5-10(3)14(11(4)6-2)16(12)15-9-7-8-13/h3-7,9H2,1-2H3. The molecule has 0 amide bonds. The van der Waals surface area contributed by atoms with Gasteiger partial charge in [-0.25, -0.2) is 0 Å². The Morgan fingerprint density at radius 2 is 1.88 bits per heavy atom. The van der Waals surface area contributed by atoms with Crippen LogP contribution in [0.1, 0.15) is 33.1 Å². The van der Waals surface area contributed by atoms with E-state index in [1.165, 1.54) is 0 Å². The van der Waals surface area contributed by atoms with Crippen molar-refractivity contribution in [3.8, 4) is 6.07 Å². The Morgan fingerprint density at radius 3 is 2.25 bits per heavy atom. The molecule has 0 spiro atoms. The van der Waals surface area contributed by atoms with Crippen molar-refractivity contribution >= 4 is 18.9 Å². The van der Waals surface area contributed by atoms with Crippen LogP contribution in [0, 0.1) is 11.3 Å². The maximum atomic E-state index is 8.41. The molecule has 0 aromatic carbocycles. The molecule has 0 bridgehead atoms. The summed E-state index contributed by atoms with van der Waals surface area (Å²) >= 11 is 6.17. The number of hydrogen-bond donors (Lipinski definition) is 0. The fraction of sp³-hybridized carbons (Fsp3) is 0.545. The number of hydrogen-bond acceptors (Lipinski definition) is 3. The molecule has 0 heterocycles. The third-order valence-corrected chi connectivity index (χ3v) is 4.01. The average Bonchev–Trinajstić information content (AvgIpc) is 2.29. The molecular weight excluding hydrogens is 243 g/mol. The molecule has 0 aromatic heterocycles. The summed E-state index contributed by atoms with van der Waals surface area (Å²) in [5.41, 5.74) is 1.79. The van der Waals surface area contributed by atoms with Crippen molar-refractivity contribution in [1.29, 1.82) is 5.26 Å². The molecule has 0 saturated carbocycles. The van der Waals surface area contributed by atoms with Gasteiger partial charge in [0.05, 0.1) is 19.1 Å². The van der Waals surface area contributed by atoms with Crippen LogP contribution in [0.4, 0.5) is 0 Å². The largest absolute Gasteiger partial charge is 0.326 e. The monoisotopic (exact) mass is 260 g/mol. The van der Waals surface area contributed by atoms with Gasteiger partial charge >= 0.3 is 0 Å². The zero-order valence-electron chi connectivity index (χ0n) is 9.87. The lowest BCUT2D eigenvalue weighted by atomic mass is 10.3. The van der Waals surface area contributed by atoms with E-state index in [1.54, 1.807) is 0 Å². The summed E-state index contributed by atoms with van der Waals surface area (Å²) in [6.07, 6.45) is 1.94. The highest BCUT2D eigenvalue weighted by atomic mass is 35.7. The molecule has 16 heavy (non-hydrogen) atoms. The zero-order valence-corrected chi connectivity index (χ0v) is 11.5. The van der Waals surface area contributed by atoms with Gasteiger partial charge in [0.2, 0.25) is 7.65 Å². The summed E-state index contributed by atoms with van der Waals surface area (Å²) in [6, 6.07) is 2.01. The van der Waals surface area contributed by atoms with Crippen LogP contribution in [0.2, 0.25) is 0 Å². The van der Waals surface area contributed by atoms with E-state index in [9.17, 15) is 0 Å². The van der Waals surface area contributed by atoms with Gasteiger partial charge in [-0.1, -0.05) is 27.0 Å². The first-order valence-corrected chi connectivity index (χ1v) is 7.31. The van der Waals surface area contributed by atoms with Crippen LogP contribution in [-0.4, -0.2) is 11.3 Å². The van der Waals surface area contributed by atoms with E-state index in [0.29, 0.717) is 13.0 Å². The summed E-state index contributed by atoms with van der Waals surface area (Å²) < 4.78 is 7.24. The fourth-order valence-corrected chi connectivity index (χ4v) is 2.90. The summed E-state index contributed by atoms with van der Waals surface area (Å²) in [4.78, 5) is 0. The molecule has 90 valence electrons. The molecule has 0 aliphatic carbocycles. The molecule has 0 aliphatic heterocycles. The zero-order chi connectivity index (χ0) is 12.6. The van der Waals surface area contributed by atoms with Crippen molar-refractivity contribution in [1.82, 2.24) is 4.67 Å². The predicted octanol–water partition coefficient (Wildman–Crippen LogP) is 4.53. The van der Waals surface area contributed by atoms with Crippen molar-refractivity contribution in [2.24, 2.45) is 0 Å². The van der Waals surface area contributed by atoms with Crippen LogP contribution in [0.5, 0.6) is 0 Å². The molecule has 0 fully saturated rings. The maximum Gasteiger partial charge on any atom is 0.240 e. The normalized spacial score (nSPS) is 11.6. The fourth-order valence-electron chi connectivity index (χ4n) is 0.970. The van der Waals surface area contributed by atoms with E-state index < -0.39 is 7.65 Å². The van der Waals surface area contributed by atoms with Crippen molar-refractivity contribution in [3.63, 3.8) is 0 Å². The number of nitriles is 1. The Labute approximate surface area is 104 Å². The first-order valence-electron chi connectivity index (χ1n) is 5.19. The van der Waals surface area contributed by atoms with E-state index in [-0.39, 0.29) is 0 Å². The molecule has 0 N–H and O–H groups in total. The summed E-state index contributed by atoms with van der Waals surface area (Å²) in [5, 5.41) is 8.41. The molecule has 0 saturated heterocycles. The van der Waals surface area contributed by atoms with Gasteiger partial charge in [0.25, 0.3) is 0 Å². The number of nitrogens with zero attached hydrogens (tertiary/aromatic N) is 2. The van der Waals surface area contributed by atoms with Gasteiger partial charge in [0.15, 0.2) is 0 Å². The summed E-state index contributed by atoms with van der Waals surface area (Å²) in [6.45, 7) is 12.2. The number of halogens is 1. The van der Waals surface area contributed by atoms with Crippen LogP contribution in [-0.2, 0) is 4.52 Å². The molecule has 5 heteroatoms. The van der Waals surface area contributed by atoms with E-state index >= 15 is 0 Å². The van der Waals surface area contributed by atoms with Gasteiger partial charge in [-0.3, -0.25) is 4.67 Å². The summed E-state index contributed by atoms with van der Waals surface area (Å²) in [5.74, 6) is 0. The third kappa shape index (κ3) is 4.99. The van der Waals surface area contributed by atoms with Gasteiger partial charge in [-0.05, 0) is 24.1 Å². The quantitative estimate of drug-likeness (QED) is 0.475. The minimum Gasteiger partial charge on any atom is -0.326 e. The Balaban J connectivity index is 4.45. The minimum atomic E-state index is -1.29. The van der Waals surface area contributed by atoms with Crippen molar-refractivity contribution in [3.05, 3.63) is 24.6 Å². The third-order valence-electron chi connectivity index (χ3n) is 1.98. The number of rotatable bonds is 8. The molecule has 0 aromatic rings. The van der Waals surface area contributed by atoms with E-state index in [1.807, 2.05) is 24.6 Å². The van der Waals surface area contributed by atoms with E-state index in [2.05, 4.69) is 13.2 Å². The summed E-state index contributed by atoms with van der Waals surface area (Å²) in [7, 11) is -1.29. The van der Waals surface area contributed by atoms with Crippen molar-refractivity contribution < 1.29 is 4.52 Å². The highest BCUT2D eigenvalue weighted by Crippen LogP contribution is 2.51. The SMILES string of the molecule is C=C(CC)N(C(=C)CC)P(Cl)OCCC#N. The lowest BCUT2D eigenvalue weighted by molar-refractivity contribution is 0.346. The Hall–Kier alpha value is -0.550. The van der Waals surface area contributed by atoms with Crippen LogP contribution >= 0.6 is 18.9 Å². The molecule has 0 rings (SSSR count). The van der Waals surface area contributed by atoms with Crippen LogP contribution in [0.15, 0.2) is 24.6 Å². The van der Waals surface area contributed by atoms with Gasteiger partial charge in [-0.2, -0.15) is 5.26 Å². The topological polar surface area (TPSA) is 36.3 Å². The van der Waals surface area contributed by atoms with Crippen molar-refractivity contribution in [2.75, 3.05) is 6.61 Å². The second kappa shape index (κ2) is 8.58. The van der Waals surface area contributed by atoms with Gasteiger partial charge in [0.1, 0.15) is 0 Å². The molecule has 3 nitrogen and oxygen atoms in total. The van der Waals surface area contributed by atoms with Crippen LogP contribution in [0.25, 0.3) is 0 Å². The molecular formula is C11H18ClN2OP. The highest BCUT2D eigenvalue weighted by Gasteiger charge is 2.20. The number of allylic oxidation sites excluding steroid dienone is 2. The lowest BCUT2D eigenvalue weighted by Crippen LogP contribution is -2.14. The highest BCUT2D eigenvalue weighted by molar-refractivity contribution is 7.78. The Morgan fingerprint density at radius 1 is 1.38 bits per heavy atom.